The average molecular weight is 479 g/mol. The van der Waals surface area contributed by atoms with Gasteiger partial charge in [0.05, 0.1) is 5.60 Å². The van der Waals surface area contributed by atoms with E-state index in [9.17, 15) is 28.2 Å². The summed E-state index contributed by atoms with van der Waals surface area (Å²) >= 11 is 1.28. The van der Waals surface area contributed by atoms with Gasteiger partial charge in [-0.25, -0.2) is 0 Å². The van der Waals surface area contributed by atoms with E-state index in [1.54, 1.807) is 12.1 Å². The zero-order valence-corrected chi connectivity index (χ0v) is 18.9. The molecule has 2 fully saturated rings. The van der Waals surface area contributed by atoms with Gasteiger partial charge in [-0.05, 0) is 75.3 Å². The van der Waals surface area contributed by atoms with E-state index < -0.39 is 17.4 Å². The van der Waals surface area contributed by atoms with Crippen LogP contribution in [-0.4, -0.2) is 39.3 Å². The van der Waals surface area contributed by atoms with Gasteiger partial charge in [0.25, 0.3) is 5.91 Å². The van der Waals surface area contributed by atoms with Crippen molar-refractivity contribution in [3.8, 4) is 6.07 Å². The van der Waals surface area contributed by atoms with E-state index in [4.69, 9.17) is 5.26 Å². The molecule has 0 bridgehead atoms. The highest BCUT2D eigenvalue weighted by Crippen LogP contribution is 2.44. The van der Waals surface area contributed by atoms with Crippen LogP contribution in [0.4, 0.5) is 13.2 Å². The predicted octanol–water partition coefficient (Wildman–Crippen LogP) is 4.82. The largest absolute Gasteiger partial charge is 0.421 e. The van der Waals surface area contributed by atoms with Crippen molar-refractivity contribution in [1.82, 2.24) is 4.90 Å². The molecular formula is C24H25F3N2O3S. The molecule has 33 heavy (non-hydrogen) atoms. The summed E-state index contributed by atoms with van der Waals surface area (Å²) in [5.41, 5.74) is -4.05. The zero-order chi connectivity index (χ0) is 24.0. The average Bonchev–Trinajstić information content (AvgIpc) is 3.48. The maximum absolute atomic E-state index is 13.3. The zero-order valence-electron chi connectivity index (χ0n) is 18.1. The van der Waals surface area contributed by atoms with Crippen molar-refractivity contribution in [3.05, 3.63) is 57.3 Å². The lowest BCUT2D eigenvalue weighted by Crippen LogP contribution is -2.46. The number of rotatable bonds is 5. The normalized spacial score (nSPS) is 25.2. The lowest BCUT2D eigenvalue weighted by atomic mass is 9.80. The third-order valence-corrected chi connectivity index (χ3v) is 7.95. The first-order valence-electron chi connectivity index (χ1n) is 10.9. The van der Waals surface area contributed by atoms with Crippen molar-refractivity contribution in [2.24, 2.45) is 0 Å². The summed E-state index contributed by atoms with van der Waals surface area (Å²) < 4.78 is 39.3. The second-order valence-electron chi connectivity index (χ2n) is 9.13. The lowest BCUT2D eigenvalue weighted by molar-refractivity contribution is -0.258. The molecule has 2 saturated carbocycles. The van der Waals surface area contributed by atoms with E-state index >= 15 is 0 Å². The van der Waals surface area contributed by atoms with Crippen molar-refractivity contribution in [3.63, 3.8) is 0 Å². The van der Waals surface area contributed by atoms with Crippen molar-refractivity contribution >= 4 is 17.2 Å². The Morgan fingerprint density at radius 1 is 1.09 bits per heavy atom. The number of alkyl halides is 3. The van der Waals surface area contributed by atoms with E-state index in [0.717, 1.165) is 29.9 Å². The molecule has 4 rings (SSSR count). The summed E-state index contributed by atoms with van der Waals surface area (Å²) in [6.07, 6.45) is -0.944. The first kappa shape index (κ1) is 23.7. The standard InChI is InChI=1S/C24H25F3N2O3S/c1-22(31,24(25,26)27)16-4-2-15(3-5-16)21(30)29(17-6-7-17)18-10-12-23(32,13-11-18)20-9-8-19(14-28)33-20/h2-5,8-9,17-18,31-32H,6-7,10-13H2,1H3/t18-,22-,23-/m0/s1. The summed E-state index contributed by atoms with van der Waals surface area (Å²) in [6, 6.07) is 10.6. The van der Waals surface area contributed by atoms with Crippen LogP contribution in [0.3, 0.4) is 0 Å². The predicted molar refractivity (Wildman–Crippen MR) is 116 cm³/mol. The molecule has 2 aliphatic carbocycles. The molecule has 0 unspecified atom stereocenters. The number of aliphatic hydroxyl groups is 2. The molecule has 9 heteroatoms. The van der Waals surface area contributed by atoms with Crippen LogP contribution >= 0.6 is 11.3 Å². The Hall–Kier alpha value is -2.41. The van der Waals surface area contributed by atoms with Gasteiger partial charge in [0.2, 0.25) is 0 Å². The summed E-state index contributed by atoms with van der Waals surface area (Å²) in [7, 11) is 0. The fraction of sp³-hybridized carbons (Fsp3) is 0.500. The van der Waals surface area contributed by atoms with Gasteiger partial charge in [-0.1, -0.05) is 12.1 Å². The van der Waals surface area contributed by atoms with Crippen LogP contribution in [0.2, 0.25) is 0 Å². The number of benzene rings is 1. The molecule has 0 saturated heterocycles. The number of hydrogen-bond acceptors (Lipinski definition) is 5. The quantitative estimate of drug-likeness (QED) is 0.645. The highest BCUT2D eigenvalue weighted by molar-refractivity contribution is 7.12. The van der Waals surface area contributed by atoms with E-state index in [2.05, 4.69) is 6.07 Å². The Bertz CT molecular complexity index is 1060. The number of hydrogen-bond donors (Lipinski definition) is 2. The molecule has 176 valence electrons. The fourth-order valence-corrected chi connectivity index (χ4v) is 5.43. The van der Waals surface area contributed by atoms with Crippen molar-refractivity contribution < 1.29 is 28.2 Å². The smallest absolute Gasteiger partial charge is 0.384 e. The third-order valence-electron chi connectivity index (χ3n) is 6.77. The van der Waals surface area contributed by atoms with Crippen molar-refractivity contribution in [1.29, 1.82) is 5.26 Å². The number of halogens is 3. The first-order valence-corrected chi connectivity index (χ1v) is 11.7. The van der Waals surface area contributed by atoms with Crippen LogP contribution in [0.25, 0.3) is 0 Å². The van der Waals surface area contributed by atoms with Gasteiger partial charge in [-0.3, -0.25) is 4.79 Å². The van der Waals surface area contributed by atoms with E-state index in [1.807, 2.05) is 4.90 Å². The van der Waals surface area contributed by atoms with E-state index in [0.29, 0.717) is 37.5 Å². The molecule has 1 amide bonds. The molecule has 2 aromatic rings. The summed E-state index contributed by atoms with van der Waals surface area (Å²) in [5.74, 6) is -0.242. The highest BCUT2D eigenvalue weighted by Gasteiger charge is 2.51. The Labute approximate surface area is 194 Å². The summed E-state index contributed by atoms with van der Waals surface area (Å²) in [6.45, 7) is 0.691. The minimum atomic E-state index is -4.83. The van der Waals surface area contributed by atoms with Crippen LogP contribution in [0.1, 0.15) is 71.1 Å². The third kappa shape index (κ3) is 4.52. The molecule has 2 aliphatic rings. The topological polar surface area (TPSA) is 84.6 Å². The Morgan fingerprint density at radius 3 is 2.15 bits per heavy atom. The SMILES string of the molecule is C[C@](O)(c1ccc(C(=O)N(C2CC2)[C@H]2CC[C@@](O)(c3ccc(C#N)s3)CC2)cc1)C(F)(F)F. The molecule has 1 heterocycles. The van der Waals surface area contributed by atoms with Gasteiger partial charge in [0, 0.05) is 22.5 Å². The number of nitriles is 1. The number of nitrogens with zero attached hydrogens (tertiary/aromatic N) is 2. The molecule has 1 aromatic carbocycles. The fourth-order valence-electron chi connectivity index (χ4n) is 4.49. The second kappa shape index (κ2) is 8.42. The highest BCUT2D eigenvalue weighted by atomic mass is 32.1. The number of thiophene rings is 1. The molecule has 2 N–H and O–H groups in total. The van der Waals surface area contributed by atoms with Gasteiger partial charge in [0.1, 0.15) is 10.9 Å². The Morgan fingerprint density at radius 2 is 1.67 bits per heavy atom. The van der Waals surface area contributed by atoms with Crippen LogP contribution < -0.4 is 0 Å². The van der Waals surface area contributed by atoms with Crippen LogP contribution in [-0.2, 0) is 11.2 Å². The van der Waals surface area contributed by atoms with Gasteiger partial charge < -0.3 is 15.1 Å². The number of carbonyl (C=O) groups is 1. The number of amides is 1. The van der Waals surface area contributed by atoms with Crippen molar-refractivity contribution in [2.75, 3.05) is 0 Å². The molecule has 0 aliphatic heterocycles. The minimum absolute atomic E-state index is 0.0707. The molecule has 5 nitrogen and oxygen atoms in total. The molecule has 0 spiro atoms. The van der Waals surface area contributed by atoms with Crippen LogP contribution in [0.15, 0.2) is 36.4 Å². The van der Waals surface area contributed by atoms with Gasteiger partial charge in [-0.15, -0.1) is 11.3 Å². The first-order chi connectivity index (χ1) is 15.5. The summed E-state index contributed by atoms with van der Waals surface area (Å²) in [5, 5.41) is 30.0. The molecule has 1 atom stereocenters. The second-order valence-corrected chi connectivity index (χ2v) is 10.2. The van der Waals surface area contributed by atoms with Gasteiger partial charge >= 0.3 is 6.18 Å². The minimum Gasteiger partial charge on any atom is -0.384 e. The molecular weight excluding hydrogens is 453 g/mol. The lowest BCUT2D eigenvalue weighted by Gasteiger charge is -2.41. The Balaban J connectivity index is 1.48. The Kier molecular flexibility index (Phi) is 6.06. The maximum atomic E-state index is 13.3. The van der Waals surface area contributed by atoms with Gasteiger partial charge in [-0.2, -0.15) is 18.4 Å². The summed E-state index contributed by atoms with van der Waals surface area (Å²) in [4.78, 5) is 16.4. The monoisotopic (exact) mass is 478 g/mol. The maximum Gasteiger partial charge on any atom is 0.421 e. The van der Waals surface area contributed by atoms with Crippen LogP contribution in [0.5, 0.6) is 0 Å². The molecule has 0 radical (unpaired) electrons. The molecule has 1 aromatic heterocycles. The number of carbonyl (C=O) groups excluding carboxylic acids is 1. The van der Waals surface area contributed by atoms with E-state index in [-0.39, 0.29) is 29.1 Å². The van der Waals surface area contributed by atoms with Crippen molar-refractivity contribution in [2.45, 2.75) is 74.9 Å². The van der Waals surface area contributed by atoms with E-state index in [1.165, 1.54) is 23.5 Å². The van der Waals surface area contributed by atoms with Crippen LogP contribution in [0, 0.1) is 11.3 Å². The van der Waals surface area contributed by atoms with Gasteiger partial charge in [0.15, 0.2) is 5.60 Å².